The Hall–Kier alpha value is -2.25. The van der Waals surface area contributed by atoms with Gasteiger partial charge < -0.3 is 4.90 Å². The van der Waals surface area contributed by atoms with Gasteiger partial charge in [-0.1, -0.05) is 6.07 Å². The number of amides is 1. The van der Waals surface area contributed by atoms with Crippen molar-refractivity contribution in [3.63, 3.8) is 0 Å². The third kappa shape index (κ3) is 3.57. The first-order valence-corrected chi connectivity index (χ1v) is 9.04. The number of pyridine rings is 2. The van der Waals surface area contributed by atoms with E-state index >= 15 is 0 Å². The summed E-state index contributed by atoms with van der Waals surface area (Å²) in [6.07, 6.45) is 5.27. The van der Waals surface area contributed by atoms with Crippen molar-refractivity contribution >= 4 is 27.4 Å². The molecule has 3 aromatic rings. The number of hydrogen-bond acceptors (Lipinski definition) is 4. The van der Waals surface area contributed by atoms with Crippen molar-refractivity contribution < 1.29 is 4.79 Å². The average Bonchev–Trinajstić information content (AvgIpc) is 3.04. The minimum Gasteiger partial charge on any atom is -0.336 e. The van der Waals surface area contributed by atoms with Crippen LogP contribution >= 0.6 is 15.9 Å². The van der Waals surface area contributed by atoms with Crippen LogP contribution < -0.4 is 0 Å². The van der Waals surface area contributed by atoms with Crippen LogP contribution in [0.25, 0.3) is 5.52 Å². The third-order valence-electron chi connectivity index (χ3n) is 4.42. The zero-order valence-corrected chi connectivity index (χ0v) is 15.3. The molecule has 0 atom stereocenters. The van der Waals surface area contributed by atoms with E-state index in [0.29, 0.717) is 5.56 Å². The van der Waals surface area contributed by atoms with Gasteiger partial charge in [0.25, 0.3) is 5.91 Å². The molecule has 3 aromatic heterocycles. The second-order valence-corrected chi connectivity index (χ2v) is 7.08. The lowest BCUT2D eigenvalue weighted by Crippen LogP contribution is -2.48. The number of piperazine rings is 1. The Labute approximate surface area is 154 Å². The van der Waals surface area contributed by atoms with E-state index in [1.807, 2.05) is 33.8 Å². The van der Waals surface area contributed by atoms with Crippen LogP contribution in [0.5, 0.6) is 0 Å². The van der Waals surface area contributed by atoms with E-state index in [-0.39, 0.29) is 5.91 Å². The van der Waals surface area contributed by atoms with Gasteiger partial charge in [-0.15, -0.1) is 0 Å². The number of halogens is 1. The monoisotopic (exact) mass is 399 g/mol. The number of fused-ring (bicyclic) bond motifs is 1. The lowest BCUT2D eigenvalue weighted by Gasteiger charge is -2.34. The topological polar surface area (TPSA) is 53.7 Å². The van der Waals surface area contributed by atoms with E-state index in [1.54, 1.807) is 12.4 Å². The molecule has 0 aromatic carbocycles. The van der Waals surface area contributed by atoms with E-state index in [1.165, 1.54) is 0 Å². The summed E-state index contributed by atoms with van der Waals surface area (Å²) >= 11 is 3.37. The van der Waals surface area contributed by atoms with Gasteiger partial charge >= 0.3 is 0 Å². The van der Waals surface area contributed by atoms with Gasteiger partial charge in [-0.2, -0.15) is 5.10 Å². The van der Waals surface area contributed by atoms with E-state index in [0.717, 1.165) is 48.4 Å². The fourth-order valence-electron chi connectivity index (χ4n) is 3.12. The fourth-order valence-corrected chi connectivity index (χ4v) is 3.48. The second-order valence-electron chi connectivity index (χ2n) is 6.17. The molecule has 4 rings (SSSR count). The molecular weight excluding hydrogens is 382 g/mol. The molecule has 0 saturated carbocycles. The molecule has 1 amide bonds. The largest absolute Gasteiger partial charge is 0.336 e. The second kappa shape index (κ2) is 6.93. The van der Waals surface area contributed by atoms with E-state index in [4.69, 9.17) is 0 Å². The van der Waals surface area contributed by atoms with Crippen LogP contribution in [0.1, 0.15) is 16.1 Å². The predicted molar refractivity (Wildman–Crippen MR) is 98.3 cm³/mol. The Morgan fingerprint density at radius 3 is 2.72 bits per heavy atom. The molecule has 6 nitrogen and oxygen atoms in total. The van der Waals surface area contributed by atoms with Crippen molar-refractivity contribution in [1.29, 1.82) is 0 Å². The average molecular weight is 400 g/mol. The van der Waals surface area contributed by atoms with E-state index in [2.05, 4.69) is 43.0 Å². The standard InChI is InChI=1S/C18H18BrN5O/c19-15-9-14(11-20-12-15)18(25)23-7-5-22(6-8-23)13-16-10-17-3-1-2-4-24(17)21-16/h1-4,9-12H,5-8,13H2. The number of nitrogens with zero attached hydrogens (tertiary/aromatic N) is 5. The highest BCUT2D eigenvalue weighted by Gasteiger charge is 2.23. The number of carbonyl (C=O) groups is 1. The van der Waals surface area contributed by atoms with Gasteiger partial charge in [-0.05, 0) is 40.2 Å². The number of carbonyl (C=O) groups excluding carboxylic acids is 1. The predicted octanol–water partition coefficient (Wildman–Crippen LogP) is 2.45. The smallest absolute Gasteiger partial charge is 0.255 e. The van der Waals surface area contributed by atoms with Gasteiger partial charge in [0.2, 0.25) is 0 Å². The Kier molecular flexibility index (Phi) is 4.50. The molecule has 0 unspecified atom stereocenters. The summed E-state index contributed by atoms with van der Waals surface area (Å²) in [6, 6.07) is 9.98. The van der Waals surface area contributed by atoms with Crippen LogP contribution in [0.2, 0.25) is 0 Å². The maximum absolute atomic E-state index is 12.6. The normalized spacial score (nSPS) is 15.6. The molecule has 1 saturated heterocycles. The van der Waals surface area contributed by atoms with Gasteiger partial charge in [-0.3, -0.25) is 14.7 Å². The van der Waals surface area contributed by atoms with Crippen LogP contribution in [0.4, 0.5) is 0 Å². The summed E-state index contributed by atoms with van der Waals surface area (Å²) < 4.78 is 2.72. The maximum Gasteiger partial charge on any atom is 0.255 e. The van der Waals surface area contributed by atoms with Gasteiger partial charge in [0.1, 0.15) is 0 Å². The fraction of sp³-hybridized carbons (Fsp3) is 0.278. The first-order valence-electron chi connectivity index (χ1n) is 8.24. The maximum atomic E-state index is 12.6. The minimum absolute atomic E-state index is 0.0428. The highest BCUT2D eigenvalue weighted by Crippen LogP contribution is 2.15. The molecule has 25 heavy (non-hydrogen) atoms. The molecule has 1 aliphatic heterocycles. The zero-order chi connectivity index (χ0) is 17.2. The summed E-state index contributed by atoms with van der Waals surface area (Å²) in [4.78, 5) is 20.9. The third-order valence-corrected chi connectivity index (χ3v) is 4.85. The van der Waals surface area contributed by atoms with E-state index < -0.39 is 0 Å². The molecule has 0 radical (unpaired) electrons. The molecule has 0 N–H and O–H groups in total. The summed E-state index contributed by atoms with van der Waals surface area (Å²) in [6.45, 7) is 3.95. The Bertz CT molecular complexity index is 868. The Morgan fingerprint density at radius 2 is 1.96 bits per heavy atom. The molecular formula is C18H18BrN5O. The molecule has 7 heteroatoms. The molecule has 0 aliphatic carbocycles. The quantitative estimate of drug-likeness (QED) is 0.678. The van der Waals surface area contributed by atoms with Crippen LogP contribution in [0, 0.1) is 0 Å². The van der Waals surface area contributed by atoms with Crippen LogP contribution in [0.15, 0.2) is 53.4 Å². The minimum atomic E-state index is 0.0428. The van der Waals surface area contributed by atoms with Crippen molar-refractivity contribution in [3.05, 3.63) is 64.7 Å². The summed E-state index contributed by atoms with van der Waals surface area (Å²) in [5.41, 5.74) is 2.79. The molecule has 1 fully saturated rings. The first-order chi connectivity index (χ1) is 12.2. The van der Waals surface area contributed by atoms with Gasteiger partial charge in [0.15, 0.2) is 0 Å². The van der Waals surface area contributed by atoms with Crippen molar-refractivity contribution in [2.45, 2.75) is 6.54 Å². The van der Waals surface area contributed by atoms with Gasteiger partial charge in [-0.25, -0.2) is 4.52 Å². The van der Waals surface area contributed by atoms with Crippen molar-refractivity contribution in [2.24, 2.45) is 0 Å². The molecule has 128 valence electrons. The molecule has 1 aliphatic rings. The summed E-state index contributed by atoms with van der Waals surface area (Å²) in [7, 11) is 0. The number of rotatable bonds is 3. The first kappa shape index (κ1) is 16.2. The van der Waals surface area contributed by atoms with Crippen LogP contribution in [-0.4, -0.2) is 56.5 Å². The molecule has 0 bridgehead atoms. The van der Waals surface area contributed by atoms with Crippen LogP contribution in [0.3, 0.4) is 0 Å². The molecule has 4 heterocycles. The zero-order valence-electron chi connectivity index (χ0n) is 13.7. The van der Waals surface area contributed by atoms with Crippen molar-refractivity contribution in [2.75, 3.05) is 26.2 Å². The summed E-state index contributed by atoms with van der Waals surface area (Å²) in [5.74, 6) is 0.0428. The van der Waals surface area contributed by atoms with E-state index in [9.17, 15) is 4.79 Å². The number of aromatic nitrogens is 3. The summed E-state index contributed by atoms with van der Waals surface area (Å²) in [5, 5.41) is 4.60. The van der Waals surface area contributed by atoms with Crippen molar-refractivity contribution in [3.8, 4) is 0 Å². The van der Waals surface area contributed by atoms with Crippen LogP contribution in [-0.2, 0) is 6.54 Å². The van der Waals surface area contributed by atoms with Gasteiger partial charge in [0, 0.05) is 55.8 Å². The molecule has 0 spiro atoms. The lowest BCUT2D eigenvalue weighted by atomic mass is 10.2. The highest BCUT2D eigenvalue weighted by molar-refractivity contribution is 9.10. The lowest BCUT2D eigenvalue weighted by molar-refractivity contribution is 0.0626. The van der Waals surface area contributed by atoms with Gasteiger partial charge in [0.05, 0.1) is 16.8 Å². The van der Waals surface area contributed by atoms with Crippen molar-refractivity contribution in [1.82, 2.24) is 24.4 Å². The highest BCUT2D eigenvalue weighted by atomic mass is 79.9. The SMILES string of the molecule is O=C(c1cncc(Br)c1)N1CCN(Cc2cc3ccccn3n2)CC1. The Morgan fingerprint density at radius 1 is 1.12 bits per heavy atom. The number of hydrogen-bond donors (Lipinski definition) is 0. The Balaban J connectivity index is 1.37.